The summed E-state index contributed by atoms with van der Waals surface area (Å²) in [5.41, 5.74) is 5.29. The first-order valence-electron chi connectivity index (χ1n) is 9.11. The van der Waals surface area contributed by atoms with Crippen molar-refractivity contribution < 1.29 is 9.53 Å². The van der Waals surface area contributed by atoms with Crippen molar-refractivity contribution in [2.45, 2.75) is 54.6 Å². The zero-order chi connectivity index (χ0) is 21.0. The van der Waals surface area contributed by atoms with Gasteiger partial charge in [0, 0.05) is 17.2 Å². The van der Waals surface area contributed by atoms with Crippen LogP contribution in [0.5, 0.6) is 5.75 Å². The quantitative estimate of drug-likeness (QED) is 0.564. The Kier molecular flexibility index (Phi) is 11.7. The molecule has 0 atom stereocenters. The number of aryl methyl sites for hydroxylation is 2. The lowest BCUT2D eigenvalue weighted by molar-refractivity contribution is -0.0979. The number of carbonyl (C=O) groups is 1. The molecule has 2 aromatic rings. The van der Waals surface area contributed by atoms with Crippen molar-refractivity contribution in [1.29, 1.82) is 0 Å². The van der Waals surface area contributed by atoms with Crippen LogP contribution in [0.4, 0.5) is 5.69 Å². The van der Waals surface area contributed by atoms with E-state index >= 15 is 0 Å². The van der Waals surface area contributed by atoms with Crippen LogP contribution in [0.3, 0.4) is 0 Å². The molecule has 0 spiro atoms. The molecule has 0 bridgehead atoms. The Balaban J connectivity index is 0.000000722. The lowest BCUT2D eigenvalue weighted by Crippen LogP contribution is -2.00. The van der Waals surface area contributed by atoms with E-state index in [0.717, 1.165) is 15.8 Å². The molecule has 0 amide bonds. The Bertz CT molecular complexity index is 653. The van der Waals surface area contributed by atoms with Gasteiger partial charge in [0.1, 0.15) is 19.1 Å². The van der Waals surface area contributed by atoms with Crippen molar-refractivity contribution in [3.63, 3.8) is 0 Å². The molecule has 0 unspecified atom stereocenters. The number of ether oxygens (including phenoxy) is 1. The van der Waals surface area contributed by atoms with Gasteiger partial charge in [0.2, 0.25) is 0 Å². The van der Waals surface area contributed by atoms with E-state index < -0.39 is 0 Å². The number of nitrogens with one attached hydrogen (secondary N) is 1. The van der Waals surface area contributed by atoms with E-state index in [2.05, 4.69) is 87.1 Å². The summed E-state index contributed by atoms with van der Waals surface area (Å²) in [6.07, 6.45) is 1.27. The maximum absolute atomic E-state index is 8.00. The summed E-state index contributed by atoms with van der Waals surface area (Å²) in [7, 11) is 1.94. The van der Waals surface area contributed by atoms with Gasteiger partial charge in [-0.25, -0.2) is 0 Å². The minimum absolute atomic E-state index is 0.542. The average molecular weight is 436 g/mol. The lowest BCUT2D eigenvalue weighted by Gasteiger charge is -2.13. The van der Waals surface area contributed by atoms with Crippen molar-refractivity contribution in [2.24, 2.45) is 5.41 Å². The molecule has 3 nitrogen and oxygen atoms in total. The standard InChI is InChI=1S/C16H18BrNO.C6H14.CH2O/c1-11-8-15(9-12(2)16(11)18-3)19-10-13-4-6-14(17)7-5-13;1-5-6(2,3)4;1-2/h4-9,18H,10H2,1-3H3;5H2,1-4H3;1H2. The second-order valence-electron chi connectivity index (χ2n) is 7.51. The maximum Gasteiger partial charge on any atom is 0.120 e. The van der Waals surface area contributed by atoms with Crippen LogP contribution in [-0.4, -0.2) is 13.8 Å². The van der Waals surface area contributed by atoms with E-state index in [1.807, 2.05) is 26.0 Å². The number of anilines is 1. The number of halogens is 1. The van der Waals surface area contributed by atoms with E-state index in [0.29, 0.717) is 12.0 Å². The number of carbonyl (C=O) groups excluding carboxylic acids is 1. The fraction of sp³-hybridized carbons (Fsp3) is 0.435. The van der Waals surface area contributed by atoms with Gasteiger partial charge < -0.3 is 14.8 Å². The largest absolute Gasteiger partial charge is 0.489 e. The van der Waals surface area contributed by atoms with Gasteiger partial charge in [-0.3, -0.25) is 0 Å². The molecule has 0 radical (unpaired) electrons. The van der Waals surface area contributed by atoms with E-state index in [4.69, 9.17) is 9.53 Å². The molecule has 2 rings (SSSR count). The van der Waals surface area contributed by atoms with Crippen LogP contribution in [0.2, 0.25) is 0 Å². The van der Waals surface area contributed by atoms with Crippen molar-refractivity contribution in [1.82, 2.24) is 0 Å². The molecule has 27 heavy (non-hydrogen) atoms. The molecule has 4 heteroatoms. The summed E-state index contributed by atoms with van der Waals surface area (Å²) >= 11 is 3.43. The van der Waals surface area contributed by atoms with Gasteiger partial charge in [-0.15, -0.1) is 0 Å². The van der Waals surface area contributed by atoms with Gasteiger partial charge >= 0.3 is 0 Å². The van der Waals surface area contributed by atoms with Crippen LogP contribution in [0.25, 0.3) is 0 Å². The fourth-order valence-electron chi connectivity index (χ4n) is 2.15. The van der Waals surface area contributed by atoms with E-state index in [-0.39, 0.29) is 0 Å². The first kappa shape index (κ1) is 25.2. The third kappa shape index (κ3) is 10.2. The molecular weight excluding hydrogens is 402 g/mol. The zero-order valence-electron chi connectivity index (χ0n) is 17.8. The summed E-state index contributed by atoms with van der Waals surface area (Å²) in [6, 6.07) is 12.3. The molecule has 0 aliphatic carbocycles. The Labute approximate surface area is 173 Å². The number of rotatable bonds is 4. The van der Waals surface area contributed by atoms with Gasteiger partial charge in [-0.05, 0) is 60.2 Å². The Morgan fingerprint density at radius 1 is 1.04 bits per heavy atom. The third-order valence-corrected chi connectivity index (χ3v) is 4.66. The van der Waals surface area contributed by atoms with Crippen LogP contribution in [0, 0.1) is 19.3 Å². The second kappa shape index (κ2) is 12.6. The Morgan fingerprint density at radius 3 is 1.85 bits per heavy atom. The highest BCUT2D eigenvalue weighted by Gasteiger charge is 2.05. The Hall–Kier alpha value is -1.81. The molecule has 2 aromatic carbocycles. The molecule has 0 saturated carbocycles. The minimum atomic E-state index is 0.542. The molecule has 0 fully saturated rings. The van der Waals surface area contributed by atoms with E-state index in [1.165, 1.54) is 23.2 Å². The normalized spacial score (nSPS) is 10.1. The molecule has 0 aliphatic rings. The van der Waals surface area contributed by atoms with Gasteiger partial charge in [-0.2, -0.15) is 0 Å². The third-order valence-electron chi connectivity index (χ3n) is 4.14. The fourth-order valence-corrected chi connectivity index (χ4v) is 2.41. The van der Waals surface area contributed by atoms with Gasteiger partial charge in [0.05, 0.1) is 0 Å². The van der Waals surface area contributed by atoms with E-state index in [1.54, 1.807) is 0 Å². The maximum atomic E-state index is 8.00. The summed E-state index contributed by atoms with van der Waals surface area (Å²) in [6.45, 7) is 15.7. The van der Waals surface area contributed by atoms with E-state index in [9.17, 15) is 0 Å². The SMILES string of the molecule is C=O.CCC(C)(C)C.CNc1c(C)cc(OCc2ccc(Br)cc2)cc1C. The van der Waals surface area contributed by atoms with Gasteiger partial charge in [0.25, 0.3) is 0 Å². The molecule has 150 valence electrons. The van der Waals surface area contributed by atoms with Crippen LogP contribution in [-0.2, 0) is 11.4 Å². The van der Waals surface area contributed by atoms with Crippen molar-refractivity contribution >= 4 is 28.4 Å². The average Bonchev–Trinajstić information content (AvgIpc) is 2.63. The van der Waals surface area contributed by atoms with Crippen LogP contribution >= 0.6 is 15.9 Å². The predicted octanol–water partition coefficient (Wildman–Crippen LogP) is 6.94. The summed E-state index contributed by atoms with van der Waals surface area (Å²) in [5.74, 6) is 0.914. The zero-order valence-corrected chi connectivity index (χ0v) is 19.4. The van der Waals surface area contributed by atoms with Gasteiger partial charge in [-0.1, -0.05) is 62.2 Å². The highest BCUT2D eigenvalue weighted by molar-refractivity contribution is 9.10. The molecule has 0 aliphatic heterocycles. The molecular formula is C23H34BrNO2. The highest BCUT2D eigenvalue weighted by atomic mass is 79.9. The van der Waals surface area contributed by atoms with Crippen LogP contribution in [0.1, 0.15) is 50.8 Å². The monoisotopic (exact) mass is 435 g/mol. The highest BCUT2D eigenvalue weighted by Crippen LogP contribution is 2.26. The predicted molar refractivity (Wildman–Crippen MR) is 121 cm³/mol. The first-order chi connectivity index (χ1) is 12.7. The number of hydrogen-bond donors (Lipinski definition) is 1. The Morgan fingerprint density at radius 2 is 1.48 bits per heavy atom. The summed E-state index contributed by atoms with van der Waals surface area (Å²) < 4.78 is 6.93. The lowest BCUT2D eigenvalue weighted by atomic mass is 9.94. The molecule has 1 N–H and O–H groups in total. The minimum Gasteiger partial charge on any atom is -0.489 e. The number of hydrogen-bond acceptors (Lipinski definition) is 3. The summed E-state index contributed by atoms with van der Waals surface area (Å²) in [5, 5.41) is 3.21. The van der Waals surface area contributed by atoms with Crippen LogP contribution < -0.4 is 10.1 Å². The second-order valence-corrected chi connectivity index (χ2v) is 8.43. The molecule has 0 aromatic heterocycles. The van der Waals surface area contributed by atoms with Crippen molar-refractivity contribution in [2.75, 3.05) is 12.4 Å². The van der Waals surface area contributed by atoms with Gasteiger partial charge in [0.15, 0.2) is 0 Å². The first-order valence-corrected chi connectivity index (χ1v) is 9.90. The smallest absolute Gasteiger partial charge is 0.120 e. The van der Waals surface area contributed by atoms with Crippen LogP contribution in [0.15, 0.2) is 40.9 Å². The molecule has 0 heterocycles. The van der Waals surface area contributed by atoms with Crippen molar-refractivity contribution in [3.8, 4) is 5.75 Å². The van der Waals surface area contributed by atoms with Crippen molar-refractivity contribution in [3.05, 3.63) is 57.6 Å². The molecule has 0 saturated heterocycles. The summed E-state index contributed by atoms with van der Waals surface area (Å²) in [4.78, 5) is 8.00. The topological polar surface area (TPSA) is 38.3 Å². The number of benzene rings is 2.